The molecule has 0 saturated carbocycles. The summed E-state index contributed by atoms with van der Waals surface area (Å²) in [5, 5.41) is 4.07. The van der Waals surface area contributed by atoms with E-state index in [1.165, 1.54) is 22.6 Å². The van der Waals surface area contributed by atoms with Gasteiger partial charge in [0.1, 0.15) is 5.82 Å². The number of allylic oxidation sites excluding steroid dienone is 1. The van der Waals surface area contributed by atoms with Crippen molar-refractivity contribution in [3.8, 4) is 0 Å². The maximum Gasteiger partial charge on any atom is 0.131 e. The molecular weight excluding hydrogens is 235 g/mol. The van der Waals surface area contributed by atoms with Gasteiger partial charge in [-0.05, 0) is 46.2 Å². The van der Waals surface area contributed by atoms with Crippen LogP contribution in [0.25, 0.3) is 27.6 Å². The van der Waals surface area contributed by atoms with Gasteiger partial charge in [0.2, 0.25) is 0 Å². The standard InChI is InChI=1S/C18H13F/c19-18-7-3-6-14-16-9-8-12-4-1-2-5-13(12)15(16)10-11-17(14)18/h2-3,5-11H,1,4H2. The average Bonchev–Trinajstić information content (AvgIpc) is 2.47. The zero-order valence-electron chi connectivity index (χ0n) is 10.5. The molecule has 0 bridgehead atoms. The molecule has 1 heteroatoms. The Morgan fingerprint density at radius 1 is 0.789 bits per heavy atom. The summed E-state index contributed by atoms with van der Waals surface area (Å²) in [6.45, 7) is 0. The number of hydrogen-bond acceptors (Lipinski definition) is 0. The number of rotatable bonds is 0. The van der Waals surface area contributed by atoms with Gasteiger partial charge < -0.3 is 0 Å². The molecule has 3 aromatic carbocycles. The predicted octanol–water partition coefficient (Wildman–Crippen LogP) is 5.09. The van der Waals surface area contributed by atoms with Crippen molar-refractivity contribution >= 4 is 27.6 Å². The lowest BCUT2D eigenvalue weighted by molar-refractivity contribution is 0.640. The SMILES string of the molecule is Fc1cccc2c1ccc1c3c(ccc12)CCC=C3. The molecule has 0 unspecified atom stereocenters. The van der Waals surface area contributed by atoms with Crippen molar-refractivity contribution < 1.29 is 4.39 Å². The zero-order chi connectivity index (χ0) is 12.8. The Kier molecular flexibility index (Phi) is 2.22. The van der Waals surface area contributed by atoms with Crippen LogP contribution < -0.4 is 0 Å². The van der Waals surface area contributed by atoms with Crippen LogP contribution >= 0.6 is 0 Å². The van der Waals surface area contributed by atoms with Crippen molar-refractivity contribution in [2.45, 2.75) is 12.8 Å². The van der Waals surface area contributed by atoms with Gasteiger partial charge in [0.25, 0.3) is 0 Å². The third kappa shape index (κ3) is 1.51. The van der Waals surface area contributed by atoms with Gasteiger partial charge in [0, 0.05) is 5.39 Å². The van der Waals surface area contributed by atoms with Gasteiger partial charge in [-0.25, -0.2) is 4.39 Å². The summed E-state index contributed by atoms with van der Waals surface area (Å²) in [6, 6.07) is 13.6. The summed E-state index contributed by atoms with van der Waals surface area (Å²) in [5.41, 5.74) is 2.70. The number of hydrogen-bond donors (Lipinski definition) is 0. The van der Waals surface area contributed by atoms with E-state index in [-0.39, 0.29) is 5.82 Å². The first-order chi connectivity index (χ1) is 9.34. The first kappa shape index (κ1) is 10.7. The smallest absolute Gasteiger partial charge is 0.131 e. The number of benzene rings is 3. The summed E-state index contributed by atoms with van der Waals surface area (Å²) in [6.07, 6.45) is 6.63. The second-order valence-electron chi connectivity index (χ2n) is 5.08. The van der Waals surface area contributed by atoms with E-state index in [9.17, 15) is 4.39 Å². The summed E-state index contributed by atoms with van der Waals surface area (Å²) >= 11 is 0. The van der Waals surface area contributed by atoms with Crippen LogP contribution in [0, 0.1) is 5.82 Å². The minimum absolute atomic E-state index is 0.146. The Balaban J connectivity index is 2.19. The zero-order valence-corrected chi connectivity index (χ0v) is 10.5. The van der Waals surface area contributed by atoms with Crippen LogP contribution in [0.5, 0.6) is 0 Å². The lowest BCUT2D eigenvalue weighted by Crippen LogP contribution is -1.95. The number of halogens is 1. The van der Waals surface area contributed by atoms with Crippen molar-refractivity contribution in [3.63, 3.8) is 0 Å². The van der Waals surface area contributed by atoms with Crippen molar-refractivity contribution in [1.29, 1.82) is 0 Å². The summed E-state index contributed by atoms with van der Waals surface area (Å²) in [7, 11) is 0. The molecule has 19 heavy (non-hydrogen) atoms. The first-order valence-electron chi connectivity index (χ1n) is 6.64. The first-order valence-corrected chi connectivity index (χ1v) is 6.64. The molecule has 0 fully saturated rings. The average molecular weight is 248 g/mol. The van der Waals surface area contributed by atoms with Gasteiger partial charge in [0.15, 0.2) is 0 Å². The van der Waals surface area contributed by atoms with Crippen molar-refractivity contribution in [2.75, 3.05) is 0 Å². The Morgan fingerprint density at radius 2 is 1.58 bits per heavy atom. The molecule has 1 aliphatic carbocycles. The largest absolute Gasteiger partial charge is 0.206 e. The summed E-state index contributed by atoms with van der Waals surface area (Å²) in [5.74, 6) is -0.146. The van der Waals surface area contributed by atoms with Crippen LogP contribution in [-0.2, 0) is 6.42 Å². The lowest BCUT2D eigenvalue weighted by atomic mass is 9.90. The van der Waals surface area contributed by atoms with Crippen molar-refractivity contribution in [2.24, 2.45) is 0 Å². The van der Waals surface area contributed by atoms with Crippen LogP contribution in [0.15, 0.2) is 48.5 Å². The molecule has 0 atom stereocenters. The molecule has 0 saturated heterocycles. The second kappa shape index (κ2) is 3.92. The maximum atomic E-state index is 13.8. The monoisotopic (exact) mass is 248 g/mol. The molecular formula is C18H13F. The molecule has 0 amide bonds. The highest BCUT2D eigenvalue weighted by Gasteiger charge is 2.11. The van der Waals surface area contributed by atoms with Gasteiger partial charge in [-0.2, -0.15) is 0 Å². The topological polar surface area (TPSA) is 0 Å². The van der Waals surface area contributed by atoms with Crippen molar-refractivity contribution in [1.82, 2.24) is 0 Å². The van der Waals surface area contributed by atoms with Crippen molar-refractivity contribution in [3.05, 3.63) is 65.5 Å². The Morgan fingerprint density at radius 3 is 2.53 bits per heavy atom. The van der Waals surface area contributed by atoms with Gasteiger partial charge in [0.05, 0.1) is 0 Å². The van der Waals surface area contributed by atoms with Crippen LogP contribution in [0.4, 0.5) is 4.39 Å². The van der Waals surface area contributed by atoms with Gasteiger partial charge in [-0.1, -0.05) is 48.6 Å². The van der Waals surface area contributed by atoms with E-state index in [0.29, 0.717) is 5.39 Å². The quantitative estimate of drug-likeness (QED) is 0.486. The molecule has 0 radical (unpaired) electrons. The fourth-order valence-electron chi connectivity index (χ4n) is 3.06. The van der Waals surface area contributed by atoms with Crippen LogP contribution in [-0.4, -0.2) is 0 Å². The Bertz CT molecular complexity index is 828. The second-order valence-corrected chi connectivity index (χ2v) is 5.08. The molecule has 0 aliphatic heterocycles. The van der Waals surface area contributed by atoms with Crippen LogP contribution in [0.3, 0.4) is 0 Å². The van der Waals surface area contributed by atoms with E-state index in [4.69, 9.17) is 0 Å². The molecule has 0 nitrogen and oxygen atoms in total. The summed E-state index contributed by atoms with van der Waals surface area (Å²) in [4.78, 5) is 0. The third-order valence-corrected chi connectivity index (χ3v) is 4.00. The predicted molar refractivity (Wildman–Crippen MR) is 78.8 cm³/mol. The minimum Gasteiger partial charge on any atom is -0.206 e. The summed E-state index contributed by atoms with van der Waals surface area (Å²) < 4.78 is 13.8. The van der Waals surface area contributed by atoms with E-state index in [1.54, 1.807) is 6.07 Å². The molecule has 3 aromatic rings. The van der Waals surface area contributed by atoms with Crippen LogP contribution in [0.2, 0.25) is 0 Å². The van der Waals surface area contributed by atoms with E-state index in [2.05, 4.69) is 30.4 Å². The highest BCUT2D eigenvalue weighted by atomic mass is 19.1. The van der Waals surface area contributed by atoms with E-state index in [0.717, 1.165) is 23.6 Å². The highest BCUT2D eigenvalue weighted by Crippen LogP contribution is 2.33. The number of aryl methyl sites for hydroxylation is 1. The fraction of sp³-hybridized carbons (Fsp3) is 0.111. The molecule has 0 aromatic heterocycles. The normalized spacial score (nSPS) is 13.9. The number of fused-ring (bicyclic) bond motifs is 5. The van der Waals surface area contributed by atoms with Gasteiger partial charge in [-0.3, -0.25) is 0 Å². The Labute approximate surface area is 111 Å². The molecule has 4 rings (SSSR count). The van der Waals surface area contributed by atoms with Crippen LogP contribution in [0.1, 0.15) is 17.5 Å². The van der Waals surface area contributed by atoms with Gasteiger partial charge in [-0.15, -0.1) is 0 Å². The van der Waals surface area contributed by atoms with E-state index in [1.807, 2.05) is 12.1 Å². The van der Waals surface area contributed by atoms with Gasteiger partial charge >= 0.3 is 0 Å². The third-order valence-electron chi connectivity index (χ3n) is 4.00. The highest BCUT2D eigenvalue weighted by molar-refractivity contribution is 6.10. The maximum absolute atomic E-state index is 13.8. The molecule has 0 N–H and O–H groups in total. The minimum atomic E-state index is -0.146. The molecule has 92 valence electrons. The lowest BCUT2D eigenvalue weighted by Gasteiger charge is -2.14. The molecule has 0 heterocycles. The fourth-order valence-corrected chi connectivity index (χ4v) is 3.06. The molecule has 1 aliphatic rings. The van der Waals surface area contributed by atoms with E-state index < -0.39 is 0 Å². The molecule has 0 spiro atoms. The Hall–Kier alpha value is -2.15. The van der Waals surface area contributed by atoms with E-state index >= 15 is 0 Å².